The van der Waals surface area contributed by atoms with Gasteiger partial charge in [0.1, 0.15) is 0 Å². The second kappa shape index (κ2) is 5.76. The monoisotopic (exact) mass is 353 g/mol. The number of fused-ring (bicyclic) bond motifs is 1. The minimum absolute atomic E-state index is 0.231. The van der Waals surface area contributed by atoms with E-state index in [2.05, 4.69) is 39.4 Å². The number of halogens is 1. The van der Waals surface area contributed by atoms with Crippen LogP contribution in [0.5, 0.6) is 11.5 Å². The summed E-state index contributed by atoms with van der Waals surface area (Å²) in [5, 5.41) is 3.59. The Morgan fingerprint density at radius 2 is 2.05 bits per heavy atom. The highest BCUT2D eigenvalue weighted by molar-refractivity contribution is 9.11. The first-order chi connectivity index (χ1) is 9.74. The molecule has 1 aromatic heterocycles. The summed E-state index contributed by atoms with van der Waals surface area (Å²) in [4.78, 5) is 1.31. The average molecular weight is 354 g/mol. The fourth-order valence-electron chi connectivity index (χ4n) is 2.72. The molecule has 1 N–H and O–H groups in total. The molecule has 0 spiro atoms. The second-order valence-electron chi connectivity index (χ2n) is 4.65. The van der Waals surface area contributed by atoms with Crippen molar-refractivity contribution in [1.82, 2.24) is 5.32 Å². The summed E-state index contributed by atoms with van der Waals surface area (Å²) < 4.78 is 12.1. The summed E-state index contributed by atoms with van der Waals surface area (Å²) >= 11 is 5.30. The van der Waals surface area contributed by atoms with Gasteiger partial charge in [-0.05, 0) is 46.1 Å². The normalized spacial score (nSPS) is 17.6. The average Bonchev–Trinajstić information content (AvgIpc) is 2.91. The van der Waals surface area contributed by atoms with Gasteiger partial charge in [0.2, 0.25) is 0 Å². The highest BCUT2D eigenvalue weighted by Gasteiger charge is 2.26. The first kappa shape index (κ1) is 13.9. The fraction of sp³-hybridized carbons (Fsp3) is 0.333. The number of thiophene rings is 1. The van der Waals surface area contributed by atoms with Crippen LogP contribution in [0.2, 0.25) is 0 Å². The molecule has 0 saturated carbocycles. The number of rotatable bonds is 3. The van der Waals surface area contributed by atoms with Crippen LogP contribution in [0.3, 0.4) is 0 Å². The van der Waals surface area contributed by atoms with Crippen LogP contribution in [0, 0.1) is 0 Å². The predicted octanol–water partition coefficient (Wildman–Crippen LogP) is 3.76. The maximum absolute atomic E-state index is 5.57. The molecule has 0 bridgehead atoms. The largest absolute Gasteiger partial charge is 0.493 e. The van der Waals surface area contributed by atoms with Gasteiger partial charge in [0.25, 0.3) is 0 Å². The fourth-order valence-corrected chi connectivity index (χ4v) is 4.24. The van der Waals surface area contributed by atoms with Crippen LogP contribution >= 0.6 is 27.3 Å². The van der Waals surface area contributed by atoms with Gasteiger partial charge in [-0.2, -0.15) is 0 Å². The number of nitrogens with one attached hydrogen (secondary N) is 1. The van der Waals surface area contributed by atoms with Crippen molar-refractivity contribution in [3.05, 3.63) is 44.1 Å². The lowest BCUT2D eigenvalue weighted by atomic mass is 9.92. The molecule has 2 heterocycles. The van der Waals surface area contributed by atoms with E-state index >= 15 is 0 Å². The van der Waals surface area contributed by atoms with E-state index in [1.165, 1.54) is 16.0 Å². The highest BCUT2D eigenvalue weighted by Crippen LogP contribution is 2.41. The molecule has 1 aliphatic rings. The Hall–Kier alpha value is -1.04. The van der Waals surface area contributed by atoms with Gasteiger partial charge in [-0.1, -0.05) is 6.07 Å². The number of hydrogen-bond donors (Lipinski definition) is 1. The molecule has 0 aliphatic carbocycles. The lowest BCUT2D eigenvalue weighted by Gasteiger charge is -2.28. The molecular formula is C15H16BrNO2S. The van der Waals surface area contributed by atoms with Crippen molar-refractivity contribution in [3.63, 3.8) is 0 Å². The van der Waals surface area contributed by atoms with Crippen molar-refractivity contribution in [2.24, 2.45) is 0 Å². The molecule has 0 amide bonds. The molecule has 106 valence electrons. The Morgan fingerprint density at radius 3 is 2.70 bits per heavy atom. The van der Waals surface area contributed by atoms with Gasteiger partial charge in [-0.25, -0.2) is 0 Å². The summed E-state index contributed by atoms with van der Waals surface area (Å²) in [6, 6.07) is 8.62. The molecule has 1 atom stereocenters. The molecule has 20 heavy (non-hydrogen) atoms. The lowest BCUT2D eigenvalue weighted by molar-refractivity contribution is 0.348. The van der Waals surface area contributed by atoms with Gasteiger partial charge in [0.15, 0.2) is 11.5 Å². The quantitative estimate of drug-likeness (QED) is 0.910. The van der Waals surface area contributed by atoms with E-state index in [9.17, 15) is 0 Å². The third-order valence-corrected chi connectivity index (χ3v) is 5.29. The Kier molecular flexibility index (Phi) is 4.01. The molecule has 1 unspecified atom stereocenters. The van der Waals surface area contributed by atoms with Crippen molar-refractivity contribution in [3.8, 4) is 11.5 Å². The van der Waals surface area contributed by atoms with E-state index in [4.69, 9.17) is 9.47 Å². The van der Waals surface area contributed by atoms with E-state index in [1.54, 1.807) is 25.6 Å². The molecule has 0 saturated heterocycles. The molecule has 3 nitrogen and oxygen atoms in total. The van der Waals surface area contributed by atoms with Gasteiger partial charge < -0.3 is 14.8 Å². The minimum Gasteiger partial charge on any atom is -0.493 e. The molecule has 5 heteroatoms. The summed E-state index contributed by atoms with van der Waals surface area (Å²) in [6.07, 6.45) is 0.957. The van der Waals surface area contributed by atoms with Crippen LogP contribution in [0.1, 0.15) is 22.0 Å². The standard InChI is InChI=1S/C15H16BrNO2S/c1-18-11-4-3-9-10(15(11)19-2)7-8-17-14(9)12-5-6-13(16)20-12/h3-6,14,17H,7-8H2,1-2H3. The van der Waals surface area contributed by atoms with Crippen molar-refractivity contribution < 1.29 is 9.47 Å². The maximum atomic E-state index is 5.57. The van der Waals surface area contributed by atoms with Crippen LogP contribution in [0.4, 0.5) is 0 Å². The van der Waals surface area contributed by atoms with Crippen molar-refractivity contribution >= 4 is 27.3 Å². The van der Waals surface area contributed by atoms with E-state index in [-0.39, 0.29) is 6.04 Å². The number of hydrogen-bond acceptors (Lipinski definition) is 4. The Morgan fingerprint density at radius 1 is 1.20 bits per heavy atom. The molecular weight excluding hydrogens is 338 g/mol. The Balaban J connectivity index is 2.09. The van der Waals surface area contributed by atoms with Gasteiger partial charge in [0, 0.05) is 17.0 Å². The van der Waals surface area contributed by atoms with E-state index in [0.717, 1.165) is 28.3 Å². The Labute approximate surface area is 131 Å². The first-order valence-corrected chi connectivity index (χ1v) is 8.08. The number of benzene rings is 1. The smallest absolute Gasteiger partial charge is 0.164 e. The number of ether oxygens (including phenoxy) is 2. The zero-order valence-electron chi connectivity index (χ0n) is 11.4. The first-order valence-electron chi connectivity index (χ1n) is 6.47. The number of methoxy groups -OCH3 is 2. The predicted molar refractivity (Wildman–Crippen MR) is 85.1 cm³/mol. The molecule has 1 aliphatic heterocycles. The molecule has 0 radical (unpaired) electrons. The van der Waals surface area contributed by atoms with Gasteiger partial charge >= 0.3 is 0 Å². The second-order valence-corrected chi connectivity index (χ2v) is 7.14. The maximum Gasteiger partial charge on any atom is 0.164 e. The van der Waals surface area contributed by atoms with Crippen LogP contribution < -0.4 is 14.8 Å². The van der Waals surface area contributed by atoms with Crippen molar-refractivity contribution in [1.29, 1.82) is 0 Å². The SMILES string of the molecule is COc1ccc2c(c1OC)CCNC2c1ccc(Br)s1. The van der Waals surface area contributed by atoms with Crippen molar-refractivity contribution in [2.75, 3.05) is 20.8 Å². The summed E-state index contributed by atoms with van der Waals surface area (Å²) in [5.41, 5.74) is 2.53. The topological polar surface area (TPSA) is 30.5 Å². The highest BCUT2D eigenvalue weighted by atomic mass is 79.9. The van der Waals surface area contributed by atoms with Crippen LogP contribution in [-0.2, 0) is 6.42 Å². The molecule has 2 aromatic rings. The van der Waals surface area contributed by atoms with Crippen LogP contribution in [-0.4, -0.2) is 20.8 Å². The molecule has 0 fully saturated rings. The van der Waals surface area contributed by atoms with Gasteiger partial charge in [-0.3, -0.25) is 0 Å². The molecule has 3 rings (SSSR count). The van der Waals surface area contributed by atoms with Crippen LogP contribution in [0.25, 0.3) is 0 Å². The van der Waals surface area contributed by atoms with Gasteiger partial charge in [-0.15, -0.1) is 11.3 Å². The lowest BCUT2D eigenvalue weighted by Crippen LogP contribution is -2.30. The zero-order chi connectivity index (χ0) is 14.1. The minimum atomic E-state index is 0.231. The van der Waals surface area contributed by atoms with Gasteiger partial charge in [0.05, 0.1) is 24.0 Å². The molecule has 1 aromatic carbocycles. The summed E-state index contributed by atoms with van der Waals surface area (Å²) in [5.74, 6) is 1.67. The summed E-state index contributed by atoms with van der Waals surface area (Å²) in [6.45, 7) is 0.941. The van der Waals surface area contributed by atoms with Crippen molar-refractivity contribution in [2.45, 2.75) is 12.5 Å². The summed E-state index contributed by atoms with van der Waals surface area (Å²) in [7, 11) is 3.39. The van der Waals surface area contributed by atoms with E-state index in [1.807, 2.05) is 6.07 Å². The van der Waals surface area contributed by atoms with E-state index in [0.29, 0.717) is 0 Å². The third kappa shape index (κ3) is 2.34. The van der Waals surface area contributed by atoms with Crippen LogP contribution in [0.15, 0.2) is 28.1 Å². The Bertz CT molecular complexity index is 626. The third-order valence-electron chi connectivity index (χ3n) is 3.60. The van der Waals surface area contributed by atoms with E-state index < -0.39 is 0 Å². The zero-order valence-corrected chi connectivity index (χ0v) is 13.8.